The van der Waals surface area contributed by atoms with E-state index in [9.17, 15) is 13.2 Å². The molecule has 0 aromatic rings. The Morgan fingerprint density at radius 3 is 2.15 bits per heavy atom. The van der Waals surface area contributed by atoms with Gasteiger partial charge in [0.1, 0.15) is 0 Å². The van der Waals surface area contributed by atoms with E-state index in [1.165, 1.54) is 4.31 Å². The molecule has 0 spiro atoms. The van der Waals surface area contributed by atoms with Crippen molar-refractivity contribution in [3.8, 4) is 0 Å². The van der Waals surface area contributed by atoms with Crippen molar-refractivity contribution in [1.29, 1.82) is 0 Å². The van der Waals surface area contributed by atoms with Crippen LogP contribution in [0, 0.1) is 5.41 Å². The van der Waals surface area contributed by atoms with Gasteiger partial charge in [-0.25, -0.2) is 8.42 Å². The quantitative estimate of drug-likeness (QED) is 0.756. The molecule has 1 rings (SSSR count). The van der Waals surface area contributed by atoms with E-state index in [2.05, 4.69) is 5.32 Å². The Morgan fingerprint density at radius 2 is 1.70 bits per heavy atom. The zero-order chi connectivity index (χ0) is 15.4. The maximum absolute atomic E-state index is 12.4. The molecule has 7 heteroatoms. The summed E-state index contributed by atoms with van der Waals surface area (Å²) in [6, 6.07) is 0. The van der Waals surface area contributed by atoms with E-state index in [1.54, 1.807) is 18.7 Å². The van der Waals surface area contributed by atoms with Crippen LogP contribution in [0.15, 0.2) is 0 Å². The largest absolute Gasteiger partial charge is 0.343 e. The monoisotopic (exact) mass is 305 g/mol. The minimum absolute atomic E-state index is 0.0961. The fraction of sp³-hybridized carbons (Fsp3) is 0.923. The molecular weight excluding hydrogens is 278 g/mol. The molecule has 1 aliphatic heterocycles. The van der Waals surface area contributed by atoms with E-state index >= 15 is 0 Å². The van der Waals surface area contributed by atoms with Gasteiger partial charge in [-0.3, -0.25) is 4.79 Å². The highest BCUT2D eigenvalue weighted by atomic mass is 32.2. The third-order valence-electron chi connectivity index (χ3n) is 3.64. The van der Waals surface area contributed by atoms with Crippen LogP contribution in [0.25, 0.3) is 0 Å². The molecule has 118 valence electrons. The smallest absolute Gasteiger partial charge is 0.229 e. The zero-order valence-electron chi connectivity index (χ0n) is 13.0. The standard InChI is InChI=1S/C13H27N3O3S/c1-5-15(6-2)12(17)13(3,4)11-20(18,19)16-9-7-14-8-10-16/h14H,5-11H2,1-4H3. The molecule has 0 bridgehead atoms. The summed E-state index contributed by atoms with van der Waals surface area (Å²) in [5.41, 5.74) is -0.893. The minimum atomic E-state index is -3.39. The molecule has 1 N–H and O–H groups in total. The Balaban J connectivity index is 2.80. The van der Waals surface area contributed by atoms with Crippen LogP contribution < -0.4 is 5.32 Å². The number of carbonyl (C=O) groups is 1. The number of hydrogen-bond acceptors (Lipinski definition) is 4. The van der Waals surface area contributed by atoms with Crippen molar-refractivity contribution in [2.45, 2.75) is 27.7 Å². The first-order chi connectivity index (χ1) is 9.24. The number of rotatable bonds is 6. The molecule has 1 amide bonds. The fourth-order valence-electron chi connectivity index (χ4n) is 2.47. The van der Waals surface area contributed by atoms with Gasteiger partial charge in [-0.1, -0.05) is 0 Å². The SMILES string of the molecule is CCN(CC)C(=O)C(C)(C)CS(=O)(=O)N1CCNCC1. The van der Waals surface area contributed by atoms with Gasteiger partial charge in [-0.05, 0) is 27.7 Å². The highest BCUT2D eigenvalue weighted by Gasteiger charge is 2.38. The first-order valence-corrected chi connectivity index (χ1v) is 8.83. The summed E-state index contributed by atoms with van der Waals surface area (Å²) in [5.74, 6) is -0.226. The van der Waals surface area contributed by atoms with Crippen LogP contribution in [0.3, 0.4) is 0 Å². The summed E-state index contributed by atoms with van der Waals surface area (Å²) in [4.78, 5) is 14.1. The topological polar surface area (TPSA) is 69.7 Å². The number of piperazine rings is 1. The van der Waals surface area contributed by atoms with Gasteiger partial charge in [-0.15, -0.1) is 0 Å². The van der Waals surface area contributed by atoms with E-state index in [0.29, 0.717) is 39.3 Å². The van der Waals surface area contributed by atoms with Crippen molar-refractivity contribution in [3.63, 3.8) is 0 Å². The van der Waals surface area contributed by atoms with Gasteiger partial charge in [0.2, 0.25) is 15.9 Å². The van der Waals surface area contributed by atoms with Crippen molar-refractivity contribution in [2.75, 3.05) is 45.0 Å². The van der Waals surface area contributed by atoms with Gasteiger partial charge in [-0.2, -0.15) is 4.31 Å². The highest BCUT2D eigenvalue weighted by molar-refractivity contribution is 7.89. The van der Waals surface area contributed by atoms with Crippen LogP contribution in [0.1, 0.15) is 27.7 Å². The molecule has 20 heavy (non-hydrogen) atoms. The van der Waals surface area contributed by atoms with Crippen molar-refractivity contribution >= 4 is 15.9 Å². The first-order valence-electron chi connectivity index (χ1n) is 7.22. The van der Waals surface area contributed by atoms with Crippen LogP contribution in [-0.4, -0.2) is 68.6 Å². The Kier molecular flexibility index (Phi) is 5.97. The van der Waals surface area contributed by atoms with Crippen molar-refractivity contribution in [2.24, 2.45) is 5.41 Å². The lowest BCUT2D eigenvalue weighted by molar-refractivity contribution is -0.138. The van der Waals surface area contributed by atoms with Crippen LogP contribution in [0.5, 0.6) is 0 Å². The first kappa shape index (κ1) is 17.4. The summed E-state index contributed by atoms with van der Waals surface area (Å²) in [5, 5.41) is 3.13. The normalized spacial score (nSPS) is 18.0. The summed E-state index contributed by atoms with van der Waals surface area (Å²) in [6.07, 6.45) is 0. The average molecular weight is 305 g/mol. The van der Waals surface area contributed by atoms with Crippen molar-refractivity contribution in [1.82, 2.24) is 14.5 Å². The number of nitrogens with zero attached hydrogens (tertiary/aromatic N) is 2. The Bertz CT molecular complexity index is 424. The molecule has 1 heterocycles. The van der Waals surface area contributed by atoms with Gasteiger partial charge in [0.05, 0.1) is 11.2 Å². The maximum atomic E-state index is 12.4. The number of nitrogens with one attached hydrogen (secondary N) is 1. The molecule has 0 atom stereocenters. The predicted molar refractivity (Wildman–Crippen MR) is 79.9 cm³/mol. The molecule has 0 aromatic heterocycles. The highest BCUT2D eigenvalue weighted by Crippen LogP contribution is 2.23. The maximum Gasteiger partial charge on any atom is 0.229 e. The van der Waals surface area contributed by atoms with Crippen LogP contribution in [0.4, 0.5) is 0 Å². The Labute approximate surface area is 122 Å². The third kappa shape index (κ3) is 4.17. The lowest BCUT2D eigenvalue weighted by Gasteiger charge is -2.33. The van der Waals surface area contributed by atoms with Gasteiger partial charge < -0.3 is 10.2 Å². The van der Waals surface area contributed by atoms with E-state index in [0.717, 1.165) is 0 Å². The van der Waals surface area contributed by atoms with E-state index < -0.39 is 15.4 Å². The third-order valence-corrected chi connectivity index (χ3v) is 5.88. The summed E-state index contributed by atoms with van der Waals surface area (Å²) < 4.78 is 26.4. The second-order valence-electron chi connectivity index (χ2n) is 5.77. The molecule has 1 aliphatic rings. The lowest BCUT2D eigenvalue weighted by Crippen LogP contribution is -2.51. The van der Waals surface area contributed by atoms with E-state index in [-0.39, 0.29) is 11.7 Å². The molecule has 0 saturated carbocycles. The summed E-state index contributed by atoms with van der Waals surface area (Å²) in [7, 11) is -3.39. The second kappa shape index (κ2) is 6.87. The predicted octanol–water partition coefficient (Wildman–Crippen LogP) is 0.116. The van der Waals surface area contributed by atoms with Crippen molar-refractivity contribution < 1.29 is 13.2 Å². The van der Waals surface area contributed by atoms with Crippen molar-refractivity contribution in [3.05, 3.63) is 0 Å². The molecule has 0 aromatic carbocycles. The summed E-state index contributed by atoms with van der Waals surface area (Å²) >= 11 is 0. The van der Waals surface area contributed by atoms with Gasteiger partial charge in [0.25, 0.3) is 0 Å². The Hall–Kier alpha value is -0.660. The molecular formula is C13H27N3O3S. The van der Waals surface area contributed by atoms with Gasteiger partial charge in [0, 0.05) is 39.3 Å². The van der Waals surface area contributed by atoms with E-state index in [1.807, 2.05) is 13.8 Å². The molecule has 1 fully saturated rings. The minimum Gasteiger partial charge on any atom is -0.343 e. The molecule has 6 nitrogen and oxygen atoms in total. The average Bonchev–Trinajstić information content (AvgIpc) is 2.40. The van der Waals surface area contributed by atoms with E-state index in [4.69, 9.17) is 0 Å². The second-order valence-corrected chi connectivity index (χ2v) is 7.74. The van der Waals surface area contributed by atoms with Crippen LogP contribution in [-0.2, 0) is 14.8 Å². The van der Waals surface area contributed by atoms with Gasteiger partial charge in [0.15, 0.2) is 0 Å². The summed E-state index contributed by atoms with van der Waals surface area (Å²) in [6.45, 7) is 10.8. The number of carbonyl (C=O) groups excluding carboxylic acids is 1. The fourth-order valence-corrected chi connectivity index (χ4v) is 4.43. The molecule has 1 saturated heterocycles. The molecule has 0 unspecified atom stereocenters. The van der Waals surface area contributed by atoms with Gasteiger partial charge >= 0.3 is 0 Å². The number of amides is 1. The molecule has 0 aliphatic carbocycles. The zero-order valence-corrected chi connectivity index (χ0v) is 13.8. The number of sulfonamides is 1. The number of hydrogen-bond donors (Lipinski definition) is 1. The molecule has 0 radical (unpaired) electrons. The van der Waals surface area contributed by atoms with Crippen LogP contribution >= 0.6 is 0 Å². The lowest BCUT2D eigenvalue weighted by atomic mass is 9.94. The van der Waals surface area contributed by atoms with Crippen LogP contribution in [0.2, 0.25) is 0 Å². The Morgan fingerprint density at radius 1 is 1.20 bits per heavy atom.